The lowest BCUT2D eigenvalue weighted by Crippen LogP contribution is -2.48. The Morgan fingerprint density at radius 2 is 2.12 bits per heavy atom. The number of ether oxygens (including phenoxy) is 1. The summed E-state index contributed by atoms with van der Waals surface area (Å²) in [7, 11) is 0. The number of aromatic nitrogens is 3. The van der Waals surface area contributed by atoms with Crippen LogP contribution >= 0.6 is 0 Å². The Balaban J connectivity index is 1.57. The number of benzene rings is 1. The fourth-order valence-corrected chi connectivity index (χ4v) is 3.00. The molecule has 24 heavy (non-hydrogen) atoms. The monoisotopic (exact) mass is 330 g/mol. The normalized spacial score (nSPS) is 17.5. The second-order valence-electron chi connectivity index (χ2n) is 6.07. The minimum atomic E-state index is -0.812. The predicted octanol–water partition coefficient (Wildman–Crippen LogP) is 1.63. The molecule has 3 rings (SSSR count). The minimum Gasteiger partial charge on any atom is -0.493 e. The zero-order chi connectivity index (χ0) is 17.1. The Labute approximate surface area is 140 Å². The Morgan fingerprint density at radius 1 is 1.33 bits per heavy atom. The van der Waals surface area contributed by atoms with Crippen LogP contribution in [0.2, 0.25) is 0 Å². The first-order chi connectivity index (χ1) is 11.6. The van der Waals surface area contributed by atoms with Crippen LogP contribution in [0.25, 0.3) is 0 Å². The van der Waals surface area contributed by atoms with Gasteiger partial charge < -0.3 is 14.4 Å². The van der Waals surface area contributed by atoms with Gasteiger partial charge in [0.05, 0.1) is 19.7 Å². The molecule has 1 N–H and O–H groups in total. The van der Waals surface area contributed by atoms with Crippen LogP contribution in [0, 0.1) is 13.8 Å². The molecule has 1 aromatic heterocycles. The van der Waals surface area contributed by atoms with Crippen molar-refractivity contribution in [3.63, 3.8) is 0 Å². The van der Waals surface area contributed by atoms with E-state index >= 15 is 0 Å². The number of aryl methyl sites for hydroxylation is 2. The number of rotatable bonds is 6. The van der Waals surface area contributed by atoms with Gasteiger partial charge in [-0.2, -0.15) is 0 Å². The van der Waals surface area contributed by atoms with E-state index in [0.717, 1.165) is 29.4 Å². The largest absolute Gasteiger partial charge is 0.493 e. The molecule has 2 heterocycles. The van der Waals surface area contributed by atoms with E-state index in [9.17, 15) is 9.90 Å². The fraction of sp³-hybridized carbons (Fsp3) is 0.471. The van der Waals surface area contributed by atoms with Crippen molar-refractivity contribution in [1.29, 1.82) is 0 Å². The van der Waals surface area contributed by atoms with Gasteiger partial charge in [0, 0.05) is 6.54 Å². The van der Waals surface area contributed by atoms with Crippen molar-refractivity contribution >= 4 is 5.97 Å². The minimum absolute atomic E-state index is 0.391. The van der Waals surface area contributed by atoms with Crippen LogP contribution in [0.5, 0.6) is 5.75 Å². The molecule has 0 bridgehead atoms. The molecular formula is C17H22N4O3. The number of hydrogen-bond acceptors (Lipinski definition) is 5. The molecule has 1 aliphatic heterocycles. The summed E-state index contributed by atoms with van der Waals surface area (Å²) in [5.74, 6) is 1.65. The van der Waals surface area contributed by atoms with Crippen LogP contribution in [-0.4, -0.2) is 49.9 Å². The average Bonchev–Trinajstić information content (AvgIpc) is 2.92. The Bertz CT molecular complexity index is 728. The molecule has 0 radical (unpaired) electrons. The SMILES string of the molecule is Cc1ccccc1OCCCN1Cc2nnc(C)n2CC1C(=O)O. The van der Waals surface area contributed by atoms with Crippen LogP contribution in [0.4, 0.5) is 0 Å². The third-order valence-corrected chi connectivity index (χ3v) is 4.38. The Kier molecular flexibility index (Phi) is 4.80. The van der Waals surface area contributed by atoms with E-state index in [1.165, 1.54) is 0 Å². The van der Waals surface area contributed by atoms with Gasteiger partial charge in [-0.1, -0.05) is 18.2 Å². The van der Waals surface area contributed by atoms with Crippen molar-refractivity contribution in [3.05, 3.63) is 41.5 Å². The summed E-state index contributed by atoms with van der Waals surface area (Å²) in [5, 5.41) is 17.7. The third kappa shape index (κ3) is 3.41. The highest BCUT2D eigenvalue weighted by Crippen LogP contribution is 2.19. The molecule has 0 amide bonds. The second-order valence-corrected chi connectivity index (χ2v) is 6.07. The molecule has 0 aliphatic carbocycles. The quantitative estimate of drug-likeness (QED) is 0.811. The highest BCUT2D eigenvalue weighted by atomic mass is 16.5. The number of aliphatic carboxylic acids is 1. The van der Waals surface area contributed by atoms with Crippen molar-refractivity contribution in [3.8, 4) is 5.75 Å². The number of carboxylic acids is 1. The van der Waals surface area contributed by atoms with Crippen molar-refractivity contribution in [2.24, 2.45) is 0 Å². The highest BCUT2D eigenvalue weighted by molar-refractivity contribution is 5.73. The number of carbonyl (C=O) groups is 1. The molecular weight excluding hydrogens is 308 g/mol. The summed E-state index contributed by atoms with van der Waals surface area (Å²) in [5.41, 5.74) is 1.10. The number of carboxylic acid groups (broad SMARTS) is 1. The van der Waals surface area contributed by atoms with E-state index in [0.29, 0.717) is 26.2 Å². The number of nitrogens with zero attached hydrogens (tertiary/aromatic N) is 4. The third-order valence-electron chi connectivity index (χ3n) is 4.38. The number of hydrogen-bond donors (Lipinski definition) is 1. The van der Waals surface area contributed by atoms with Crippen molar-refractivity contribution in [1.82, 2.24) is 19.7 Å². The van der Waals surface area contributed by atoms with Gasteiger partial charge in [-0.05, 0) is 31.9 Å². The average molecular weight is 330 g/mol. The molecule has 1 aromatic carbocycles. The number of fused-ring (bicyclic) bond motifs is 1. The number of para-hydroxylation sites is 1. The summed E-state index contributed by atoms with van der Waals surface area (Å²) in [6.07, 6.45) is 0.755. The van der Waals surface area contributed by atoms with Crippen LogP contribution in [0.15, 0.2) is 24.3 Å². The molecule has 1 aliphatic rings. The molecule has 0 spiro atoms. The lowest BCUT2D eigenvalue weighted by Gasteiger charge is -2.33. The molecule has 2 aromatic rings. The van der Waals surface area contributed by atoms with E-state index in [1.807, 2.05) is 47.6 Å². The molecule has 0 fully saturated rings. The van der Waals surface area contributed by atoms with E-state index in [4.69, 9.17) is 4.74 Å². The van der Waals surface area contributed by atoms with Gasteiger partial charge >= 0.3 is 5.97 Å². The fourth-order valence-electron chi connectivity index (χ4n) is 3.00. The lowest BCUT2D eigenvalue weighted by atomic mass is 10.1. The second kappa shape index (κ2) is 7.00. The smallest absolute Gasteiger partial charge is 0.322 e. The van der Waals surface area contributed by atoms with Gasteiger partial charge in [-0.15, -0.1) is 10.2 Å². The standard InChI is InChI=1S/C17H22N4O3/c1-12-6-3-4-7-15(12)24-9-5-8-20-11-16-19-18-13(2)21(16)10-14(20)17(22)23/h3-4,6-7,14H,5,8-11H2,1-2H3,(H,22,23). The summed E-state index contributed by atoms with van der Waals surface area (Å²) in [6.45, 7) is 5.95. The summed E-state index contributed by atoms with van der Waals surface area (Å²) in [6, 6.07) is 7.33. The molecule has 0 saturated carbocycles. The van der Waals surface area contributed by atoms with E-state index in [-0.39, 0.29) is 0 Å². The van der Waals surface area contributed by atoms with Crippen molar-refractivity contribution < 1.29 is 14.6 Å². The maximum Gasteiger partial charge on any atom is 0.322 e. The van der Waals surface area contributed by atoms with Gasteiger partial charge in [-0.25, -0.2) is 0 Å². The van der Waals surface area contributed by atoms with Gasteiger partial charge in [0.15, 0.2) is 0 Å². The molecule has 7 heteroatoms. The zero-order valence-electron chi connectivity index (χ0n) is 14.0. The van der Waals surface area contributed by atoms with Crippen LogP contribution < -0.4 is 4.74 Å². The topological polar surface area (TPSA) is 80.5 Å². The molecule has 0 saturated heterocycles. The van der Waals surface area contributed by atoms with Crippen LogP contribution in [0.3, 0.4) is 0 Å². The van der Waals surface area contributed by atoms with E-state index in [1.54, 1.807) is 0 Å². The maximum atomic E-state index is 11.6. The van der Waals surface area contributed by atoms with Gasteiger partial charge in [-0.3, -0.25) is 9.69 Å². The molecule has 7 nitrogen and oxygen atoms in total. The molecule has 128 valence electrons. The van der Waals surface area contributed by atoms with E-state index < -0.39 is 12.0 Å². The Morgan fingerprint density at radius 3 is 2.88 bits per heavy atom. The van der Waals surface area contributed by atoms with Crippen molar-refractivity contribution in [2.75, 3.05) is 13.2 Å². The first-order valence-electron chi connectivity index (χ1n) is 8.10. The molecule has 1 unspecified atom stereocenters. The highest BCUT2D eigenvalue weighted by Gasteiger charge is 2.32. The van der Waals surface area contributed by atoms with Gasteiger partial charge in [0.1, 0.15) is 23.4 Å². The lowest BCUT2D eigenvalue weighted by molar-refractivity contribution is -0.145. The first-order valence-corrected chi connectivity index (χ1v) is 8.10. The summed E-state index contributed by atoms with van der Waals surface area (Å²) >= 11 is 0. The van der Waals surface area contributed by atoms with Crippen molar-refractivity contribution in [2.45, 2.75) is 39.4 Å². The summed E-state index contributed by atoms with van der Waals surface area (Å²) < 4.78 is 7.68. The first kappa shape index (κ1) is 16.4. The van der Waals surface area contributed by atoms with E-state index in [2.05, 4.69) is 10.2 Å². The van der Waals surface area contributed by atoms with Gasteiger partial charge in [0.2, 0.25) is 0 Å². The van der Waals surface area contributed by atoms with Crippen LogP contribution in [0.1, 0.15) is 23.6 Å². The van der Waals surface area contributed by atoms with Crippen LogP contribution in [-0.2, 0) is 17.9 Å². The van der Waals surface area contributed by atoms with Gasteiger partial charge in [0.25, 0.3) is 0 Å². The Hall–Kier alpha value is -2.41. The summed E-state index contributed by atoms with van der Waals surface area (Å²) in [4.78, 5) is 13.5. The zero-order valence-corrected chi connectivity index (χ0v) is 14.0. The molecule has 1 atom stereocenters. The maximum absolute atomic E-state index is 11.6. The predicted molar refractivity (Wildman–Crippen MR) is 87.9 cm³/mol.